The summed E-state index contributed by atoms with van der Waals surface area (Å²) in [5, 5.41) is 8.57. The summed E-state index contributed by atoms with van der Waals surface area (Å²) in [6, 6.07) is 13.7. The summed E-state index contributed by atoms with van der Waals surface area (Å²) >= 11 is 0. The monoisotopic (exact) mass is 826 g/mol. The van der Waals surface area contributed by atoms with E-state index in [1.54, 1.807) is 31.8 Å². The molecule has 1 aromatic heterocycles. The molecule has 2 aromatic carbocycles. The van der Waals surface area contributed by atoms with Gasteiger partial charge in [-0.1, -0.05) is 18.2 Å². The lowest BCUT2D eigenvalue weighted by molar-refractivity contribution is -0.116. The number of hydrogen-bond donors (Lipinski definition) is 3. The van der Waals surface area contributed by atoms with Gasteiger partial charge in [0.2, 0.25) is 11.7 Å². The average molecular weight is 827 g/mol. The van der Waals surface area contributed by atoms with Crippen molar-refractivity contribution in [2.24, 2.45) is 7.05 Å². The van der Waals surface area contributed by atoms with Crippen LogP contribution >= 0.6 is 0 Å². The molecule has 0 spiro atoms. The molecule has 3 aromatic rings. The molecule has 0 unspecified atom stereocenters. The van der Waals surface area contributed by atoms with Gasteiger partial charge >= 0.3 is 0 Å². The van der Waals surface area contributed by atoms with Crippen molar-refractivity contribution >= 4 is 29.2 Å². The number of benzene rings is 2. The maximum Gasteiger partial charge on any atom is 0.287 e. The van der Waals surface area contributed by atoms with E-state index in [4.69, 9.17) is 37.9 Å². The molecule has 0 radical (unpaired) electrons. The third kappa shape index (κ3) is 17.7. The van der Waals surface area contributed by atoms with Gasteiger partial charge in [-0.15, -0.1) is 0 Å². The number of imidazole rings is 1. The second kappa shape index (κ2) is 28.1. The first-order chi connectivity index (χ1) is 28.9. The molecule has 2 heterocycles. The summed E-state index contributed by atoms with van der Waals surface area (Å²) in [6.45, 7) is 10.2. The molecule has 3 N–H and O–H groups in total. The predicted molar refractivity (Wildman–Crippen MR) is 222 cm³/mol. The van der Waals surface area contributed by atoms with Gasteiger partial charge in [-0.25, -0.2) is 4.98 Å². The zero-order valence-electron chi connectivity index (χ0n) is 34.8. The van der Waals surface area contributed by atoms with Crippen LogP contribution in [0.2, 0.25) is 0 Å². The number of nitrogens with zero attached hydrogens (tertiary/aromatic N) is 3. The second-order valence-electron chi connectivity index (χ2n) is 13.4. The van der Waals surface area contributed by atoms with Gasteiger partial charge in [0.05, 0.1) is 106 Å². The van der Waals surface area contributed by atoms with Gasteiger partial charge in [0.15, 0.2) is 0 Å². The fraction of sp³-hybridized carbons (Fsp3) is 0.571. The van der Waals surface area contributed by atoms with E-state index < -0.39 is 0 Å². The first-order valence-corrected chi connectivity index (χ1v) is 20.3. The Morgan fingerprint density at radius 3 is 1.54 bits per heavy atom. The molecule has 1 aliphatic rings. The van der Waals surface area contributed by atoms with Crippen LogP contribution in [0.3, 0.4) is 0 Å². The van der Waals surface area contributed by atoms with Gasteiger partial charge in [-0.3, -0.25) is 14.4 Å². The molecule has 4 rings (SSSR count). The van der Waals surface area contributed by atoms with Crippen LogP contribution < -0.4 is 20.9 Å². The van der Waals surface area contributed by atoms with Crippen molar-refractivity contribution in [3.63, 3.8) is 0 Å². The number of rotatable bonds is 31. The lowest BCUT2D eigenvalue weighted by Gasteiger charge is -2.29. The molecule has 59 heavy (non-hydrogen) atoms. The third-order valence-corrected chi connectivity index (χ3v) is 9.06. The van der Waals surface area contributed by atoms with E-state index in [0.717, 1.165) is 36.2 Å². The third-order valence-electron chi connectivity index (χ3n) is 9.06. The lowest BCUT2D eigenvalue weighted by Crippen LogP contribution is -2.33. The maximum absolute atomic E-state index is 12.6. The lowest BCUT2D eigenvalue weighted by atomic mass is 9.95. The van der Waals surface area contributed by atoms with E-state index in [1.807, 2.05) is 41.3 Å². The summed E-state index contributed by atoms with van der Waals surface area (Å²) in [6.07, 6.45) is 3.65. The van der Waals surface area contributed by atoms with Crippen molar-refractivity contribution in [2.75, 3.05) is 143 Å². The zero-order chi connectivity index (χ0) is 41.9. The number of anilines is 2. The van der Waals surface area contributed by atoms with Gasteiger partial charge in [-0.05, 0) is 53.8 Å². The highest BCUT2D eigenvalue weighted by atomic mass is 16.6. The minimum absolute atomic E-state index is 0.0653. The molecule has 17 nitrogen and oxygen atoms in total. The number of hydrogen-bond acceptors (Lipinski definition) is 13. The molecular formula is C42H62N6O11. The molecule has 1 aliphatic heterocycles. The molecule has 326 valence electrons. The molecule has 0 bridgehead atoms. The molecular weight excluding hydrogens is 764 g/mol. The largest absolute Gasteiger partial charge is 0.377 e. The average Bonchev–Trinajstić information content (AvgIpc) is 3.64. The van der Waals surface area contributed by atoms with E-state index in [2.05, 4.69) is 27.0 Å². The number of nitrogens with one attached hydrogen (secondary N) is 3. The van der Waals surface area contributed by atoms with Crippen LogP contribution in [0.25, 0.3) is 11.1 Å². The summed E-state index contributed by atoms with van der Waals surface area (Å²) in [4.78, 5) is 42.8. The molecule has 0 atom stereocenters. The van der Waals surface area contributed by atoms with Crippen molar-refractivity contribution in [3.8, 4) is 11.1 Å². The fourth-order valence-electron chi connectivity index (χ4n) is 6.01. The Morgan fingerprint density at radius 1 is 0.627 bits per heavy atom. The number of carbonyl (C=O) groups is 3. The van der Waals surface area contributed by atoms with Crippen LogP contribution in [0.4, 0.5) is 11.5 Å². The van der Waals surface area contributed by atoms with E-state index in [9.17, 15) is 14.4 Å². The summed E-state index contributed by atoms with van der Waals surface area (Å²) in [5.41, 5.74) is 4.84. The molecule has 0 saturated heterocycles. The highest BCUT2D eigenvalue weighted by Gasteiger charge is 2.20. The molecule has 0 saturated carbocycles. The van der Waals surface area contributed by atoms with Gasteiger partial charge in [0.1, 0.15) is 5.82 Å². The SMILES string of the molecule is CNc1cn(C)c(C(=O)NCCOCCOCCOCCOCCOCCOCCOCCOCCNC(=O)c2ccc(-c3ccc4c(c3)CCCN4C(C)=O)cc2)n1. The van der Waals surface area contributed by atoms with E-state index >= 15 is 0 Å². The van der Waals surface area contributed by atoms with Gasteiger partial charge in [0.25, 0.3) is 11.8 Å². The summed E-state index contributed by atoms with van der Waals surface area (Å²) < 4.78 is 45.7. The van der Waals surface area contributed by atoms with Gasteiger partial charge < -0.3 is 63.3 Å². The first kappa shape index (κ1) is 47.2. The Balaban J connectivity index is 0.842. The highest BCUT2D eigenvalue weighted by Crippen LogP contribution is 2.32. The van der Waals surface area contributed by atoms with Crippen molar-refractivity contribution in [1.82, 2.24) is 20.2 Å². The highest BCUT2D eigenvalue weighted by molar-refractivity contribution is 5.95. The number of amides is 3. The van der Waals surface area contributed by atoms with Crippen molar-refractivity contribution in [3.05, 3.63) is 65.6 Å². The second-order valence-corrected chi connectivity index (χ2v) is 13.4. The minimum atomic E-state index is -0.253. The van der Waals surface area contributed by atoms with Crippen LogP contribution in [0.15, 0.2) is 48.7 Å². The molecule has 3 amide bonds. The Hall–Kier alpha value is -4.46. The Bertz CT molecular complexity index is 1670. The van der Waals surface area contributed by atoms with E-state index in [0.29, 0.717) is 136 Å². The summed E-state index contributed by atoms with van der Waals surface area (Å²) in [7, 11) is 3.52. The topological polar surface area (TPSA) is 182 Å². The quantitative estimate of drug-likeness (QED) is 0.0807. The van der Waals surface area contributed by atoms with Crippen molar-refractivity contribution in [1.29, 1.82) is 0 Å². The number of ether oxygens (including phenoxy) is 8. The van der Waals surface area contributed by atoms with Crippen molar-refractivity contribution in [2.45, 2.75) is 19.8 Å². The van der Waals surface area contributed by atoms with Crippen molar-refractivity contribution < 1.29 is 52.3 Å². The van der Waals surface area contributed by atoms with Crippen LogP contribution in [0, 0.1) is 0 Å². The van der Waals surface area contributed by atoms with Crippen LogP contribution in [-0.2, 0) is 56.2 Å². The normalized spacial score (nSPS) is 12.4. The number of aryl methyl sites for hydroxylation is 2. The summed E-state index contributed by atoms with van der Waals surface area (Å²) in [5.74, 6) is 0.631. The Morgan fingerprint density at radius 2 is 1.08 bits per heavy atom. The standard InChI is InChI=1S/C42H62N6O11/c1-33(49)48-14-4-5-37-31-36(10-11-38(37)48)34-6-8-35(9-7-34)41(50)44-12-15-52-17-19-54-21-23-56-25-27-58-29-30-59-28-26-57-24-22-55-20-18-53-16-13-45-42(51)40-46-39(43-2)32-47(40)3/h6-11,31-32,43H,4-5,12-30H2,1-3H3,(H,44,50)(H,45,51). The van der Waals surface area contributed by atoms with E-state index in [1.165, 1.54) is 5.56 Å². The maximum atomic E-state index is 12.6. The molecule has 0 fully saturated rings. The minimum Gasteiger partial charge on any atom is -0.377 e. The number of carbonyl (C=O) groups excluding carboxylic acids is 3. The Kier molecular flexibility index (Phi) is 22.5. The smallest absolute Gasteiger partial charge is 0.287 e. The number of fused-ring (bicyclic) bond motifs is 1. The molecule has 17 heteroatoms. The van der Waals surface area contributed by atoms with Gasteiger partial charge in [0, 0.05) is 58.1 Å². The number of aromatic nitrogens is 2. The van der Waals surface area contributed by atoms with Crippen LogP contribution in [-0.4, -0.2) is 160 Å². The molecule has 0 aliphatic carbocycles. The Labute approximate surface area is 347 Å². The zero-order valence-corrected chi connectivity index (χ0v) is 34.8. The van der Waals surface area contributed by atoms with Crippen LogP contribution in [0.1, 0.15) is 39.9 Å². The first-order valence-electron chi connectivity index (χ1n) is 20.3. The predicted octanol–water partition coefficient (Wildman–Crippen LogP) is 2.72. The van der Waals surface area contributed by atoms with Crippen LogP contribution in [0.5, 0.6) is 0 Å². The fourth-order valence-corrected chi connectivity index (χ4v) is 6.01. The van der Waals surface area contributed by atoms with Gasteiger partial charge in [-0.2, -0.15) is 0 Å². The van der Waals surface area contributed by atoms with E-state index in [-0.39, 0.29) is 17.7 Å².